The Hall–Kier alpha value is -3.33. The second-order valence-electron chi connectivity index (χ2n) is 6.76. The molecule has 3 nitrogen and oxygen atoms in total. The SMILES string of the molecule is COc1cc2cc3c(nc2cc1OC)-c1ccccc1C3c1ccccc1. The fraction of sp³-hybridized carbons (Fsp3) is 0.125. The highest BCUT2D eigenvalue weighted by molar-refractivity contribution is 5.90. The van der Waals surface area contributed by atoms with Gasteiger partial charge in [-0.3, -0.25) is 0 Å². The van der Waals surface area contributed by atoms with E-state index in [9.17, 15) is 0 Å². The van der Waals surface area contributed by atoms with Crippen LogP contribution in [-0.4, -0.2) is 19.2 Å². The zero-order valence-corrected chi connectivity index (χ0v) is 15.3. The number of hydrogen-bond acceptors (Lipinski definition) is 3. The lowest BCUT2D eigenvalue weighted by atomic mass is 9.89. The van der Waals surface area contributed by atoms with Gasteiger partial charge in [0, 0.05) is 22.9 Å². The Kier molecular flexibility index (Phi) is 3.61. The summed E-state index contributed by atoms with van der Waals surface area (Å²) in [5, 5.41) is 1.06. The maximum atomic E-state index is 5.48. The van der Waals surface area contributed by atoms with Crippen molar-refractivity contribution in [2.45, 2.75) is 5.92 Å². The van der Waals surface area contributed by atoms with Crippen molar-refractivity contribution in [1.82, 2.24) is 4.98 Å². The van der Waals surface area contributed by atoms with Gasteiger partial charge in [-0.1, -0.05) is 54.6 Å². The molecular formula is C24H19NO2. The van der Waals surface area contributed by atoms with Gasteiger partial charge in [-0.2, -0.15) is 0 Å². The number of nitrogens with zero attached hydrogens (tertiary/aromatic N) is 1. The molecule has 1 atom stereocenters. The van der Waals surface area contributed by atoms with Crippen LogP contribution < -0.4 is 9.47 Å². The molecule has 0 N–H and O–H groups in total. The van der Waals surface area contributed by atoms with Crippen molar-refractivity contribution in [2.24, 2.45) is 0 Å². The van der Waals surface area contributed by atoms with Crippen LogP contribution in [-0.2, 0) is 0 Å². The Morgan fingerprint density at radius 2 is 1.44 bits per heavy atom. The van der Waals surface area contributed by atoms with E-state index >= 15 is 0 Å². The summed E-state index contributed by atoms with van der Waals surface area (Å²) >= 11 is 0. The largest absolute Gasteiger partial charge is 0.493 e. The summed E-state index contributed by atoms with van der Waals surface area (Å²) in [7, 11) is 3.31. The van der Waals surface area contributed by atoms with Crippen LogP contribution in [0.25, 0.3) is 22.2 Å². The van der Waals surface area contributed by atoms with Gasteiger partial charge >= 0.3 is 0 Å². The lowest BCUT2D eigenvalue weighted by molar-refractivity contribution is 0.356. The molecule has 1 aliphatic rings. The molecule has 3 heteroatoms. The third kappa shape index (κ3) is 2.39. The highest BCUT2D eigenvalue weighted by atomic mass is 16.5. The van der Waals surface area contributed by atoms with Crippen molar-refractivity contribution >= 4 is 10.9 Å². The molecular weight excluding hydrogens is 334 g/mol. The fourth-order valence-electron chi connectivity index (χ4n) is 4.09. The van der Waals surface area contributed by atoms with Gasteiger partial charge in [-0.25, -0.2) is 4.98 Å². The van der Waals surface area contributed by atoms with E-state index in [2.05, 4.69) is 60.7 Å². The van der Waals surface area contributed by atoms with Gasteiger partial charge in [0.25, 0.3) is 0 Å². The molecule has 0 aliphatic heterocycles. The summed E-state index contributed by atoms with van der Waals surface area (Å²) in [6, 6.07) is 25.4. The van der Waals surface area contributed by atoms with Gasteiger partial charge in [-0.15, -0.1) is 0 Å². The van der Waals surface area contributed by atoms with Gasteiger partial charge < -0.3 is 9.47 Å². The van der Waals surface area contributed by atoms with Gasteiger partial charge in [-0.05, 0) is 28.8 Å². The van der Waals surface area contributed by atoms with Crippen molar-refractivity contribution in [2.75, 3.05) is 14.2 Å². The molecule has 5 rings (SSSR count). The molecule has 1 unspecified atom stereocenters. The highest BCUT2D eigenvalue weighted by Crippen LogP contribution is 2.48. The quantitative estimate of drug-likeness (QED) is 0.434. The average Bonchev–Trinajstić information content (AvgIpc) is 3.05. The van der Waals surface area contributed by atoms with Gasteiger partial charge in [0.2, 0.25) is 0 Å². The van der Waals surface area contributed by atoms with Gasteiger partial charge in [0.15, 0.2) is 11.5 Å². The maximum absolute atomic E-state index is 5.48. The standard InChI is InChI=1S/C24H19NO2/c1-26-21-13-16-12-19-23(15-8-4-3-5-9-15)17-10-6-7-11-18(17)24(19)25-20(16)14-22(21)27-2/h3-14,23H,1-2H3. The molecule has 0 spiro atoms. The lowest BCUT2D eigenvalue weighted by Gasteiger charge is -2.15. The topological polar surface area (TPSA) is 31.4 Å². The van der Waals surface area contributed by atoms with Crippen molar-refractivity contribution in [1.29, 1.82) is 0 Å². The lowest BCUT2D eigenvalue weighted by Crippen LogP contribution is -1.99. The number of methoxy groups -OCH3 is 2. The normalized spacial score (nSPS) is 14.7. The highest BCUT2D eigenvalue weighted by Gasteiger charge is 2.31. The average molecular weight is 353 g/mol. The van der Waals surface area contributed by atoms with Crippen LogP contribution in [0.2, 0.25) is 0 Å². The monoisotopic (exact) mass is 353 g/mol. The summed E-state index contributed by atoms with van der Waals surface area (Å²) in [6.07, 6.45) is 0. The van der Waals surface area contributed by atoms with E-state index in [1.165, 1.54) is 22.3 Å². The Morgan fingerprint density at radius 3 is 2.22 bits per heavy atom. The van der Waals surface area contributed by atoms with E-state index < -0.39 is 0 Å². The third-order valence-corrected chi connectivity index (χ3v) is 5.32. The predicted octanol–water partition coefficient (Wildman–Crippen LogP) is 5.41. The van der Waals surface area contributed by atoms with Gasteiger partial charge in [0.05, 0.1) is 25.4 Å². The van der Waals surface area contributed by atoms with E-state index in [-0.39, 0.29) is 5.92 Å². The molecule has 0 bridgehead atoms. The molecule has 0 saturated heterocycles. The van der Waals surface area contributed by atoms with Crippen molar-refractivity contribution in [3.63, 3.8) is 0 Å². The molecule has 0 amide bonds. The van der Waals surface area contributed by atoms with Crippen LogP contribution in [0, 0.1) is 0 Å². The smallest absolute Gasteiger partial charge is 0.162 e. The Balaban J connectivity index is 1.81. The van der Waals surface area contributed by atoms with E-state index in [0.29, 0.717) is 5.75 Å². The minimum absolute atomic E-state index is 0.197. The fourth-order valence-corrected chi connectivity index (χ4v) is 4.09. The minimum atomic E-state index is 0.197. The van der Waals surface area contributed by atoms with Crippen LogP contribution in [0.4, 0.5) is 0 Å². The first-order chi connectivity index (χ1) is 13.3. The molecule has 1 aromatic heterocycles. The number of ether oxygens (including phenoxy) is 2. The molecule has 0 radical (unpaired) electrons. The second-order valence-corrected chi connectivity index (χ2v) is 6.76. The van der Waals surface area contributed by atoms with Crippen molar-refractivity contribution in [3.05, 3.63) is 89.5 Å². The number of hydrogen-bond donors (Lipinski definition) is 0. The van der Waals surface area contributed by atoms with Crippen LogP contribution in [0.3, 0.4) is 0 Å². The number of benzene rings is 3. The number of rotatable bonds is 3. The molecule has 3 aromatic carbocycles. The first-order valence-corrected chi connectivity index (χ1v) is 9.01. The summed E-state index contributed by atoms with van der Waals surface area (Å²) in [5.41, 5.74) is 7.00. The van der Waals surface area contributed by atoms with Crippen LogP contribution in [0.1, 0.15) is 22.6 Å². The number of fused-ring (bicyclic) bond motifs is 4. The van der Waals surface area contributed by atoms with Gasteiger partial charge in [0.1, 0.15) is 0 Å². The van der Waals surface area contributed by atoms with Crippen molar-refractivity contribution in [3.8, 4) is 22.8 Å². The maximum Gasteiger partial charge on any atom is 0.162 e. The summed E-state index contributed by atoms with van der Waals surface area (Å²) in [4.78, 5) is 5.02. The first-order valence-electron chi connectivity index (χ1n) is 9.01. The number of aromatic nitrogens is 1. The Bertz CT molecular complexity index is 1150. The van der Waals surface area contributed by atoms with Crippen molar-refractivity contribution < 1.29 is 9.47 Å². The van der Waals surface area contributed by atoms with E-state index in [4.69, 9.17) is 14.5 Å². The third-order valence-electron chi connectivity index (χ3n) is 5.32. The summed E-state index contributed by atoms with van der Waals surface area (Å²) in [6.45, 7) is 0. The first kappa shape index (κ1) is 15.9. The summed E-state index contributed by atoms with van der Waals surface area (Å²) < 4.78 is 10.9. The second kappa shape index (κ2) is 6.13. The zero-order chi connectivity index (χ0) is 18.4. The van der Waals surface area contributed by atoms with E-state index in [1.807, 2.05) is 12.1 Å². The number of pyridine rings is 1. The zero-order valence-electron chi connectivity index (χ0n) is 15.3. The Morgan fingerprint density at radius 1 is 0.741 bits per heavy atom. The Labute approximate surface area is 158 Å². The van der Waals surface area contributed by atoms with Crippen LogP contribution in [0.15, 0.2) is 72.8 Å². The van der Waals surface area contributed by atoms with Crippen LogP contribution in [0.5, 0.6) is 11.5 Å². The molecule has 27 heavy (non-hydrogen) atoms. The van der Waals surface area contributed by atoms with E-state index in [0.717, 1.165) is 22.3 Å². The molecule has 0 fully saturated rings. The molecule has 1 aliphatic carbocycles. The molecule has 4 aromatic rings. The van der Waals surface area contributed by atoms with Crippen LogP contribution >= 0.6 is 0 Å². The summed E-state index contributed by atoms with van der Waals surface area (Å²) in [5.74, 6) is 1.62. The minimum Gasteiger partial charge on any atom is -0.493 e. The molecule has 1 heterocycles. The molecule has 0 saturated carbocycles. The van der Waals surface area contributed by atoms with E-state index in [1.54, 1.807) is 14.2 Å². The molecule has 132 valence electrons. The predicted molar refractivity (Wildman–Crippen MR) is 108 cm³/mol.